The molecule has 1 unspecified atom stereocenters. The number of nitrogens with one attached hydrogen (secondary N) is 1. The molecule has 1 N–H and O–H groups in total. The van der Waals surface area contributed by atoms with Gasteiger partial charge in [0.25, 0.3) is 0 Å². The summed E-state index contributed by atoms with van der Waals surface area (Å²) in [5, 5.41) is 3.01. The molecular formula is C25H33N3O3. The molecule has 4 rings (SSSR count). The molecule has 1 saturated heterocycles. The minimum absolute atomic E-state index is 0.120. The maximum absolute atomic E-state index is 12.7. The van der Waals surface area contributed by atoms with Crippen molar-refractivity contribution in [1.29, 1.82) is 0 Å². The molecule has 0 bridgehead atoms. The predicted octanol–water partition coefficient (Wildman–Crippen LogP) is 3.11. The zero-order valence-corrected chi connectivity index (χ0v) is 18.5. The molecular weight excluding hydrogens is 390 g/mol. The predicted molar refractivity (Wildman–Crippen MR) is 123 cm³/mol. The lowest BCUT2D eigenvalue weighted by molar-refractivity contribution is -0.132. The van der Waals surface area contributed by atoms with Crippen LogP contribution < -0.4 is 19.7 Å². The lowest BCUT2D eigenvalue weighted by Gasteiger charge is -2.43. The van der Waals surface area contributed by atoms with Gasteiger partial charge in [0.05, 0.1) is 25.8 Å². The highest BCUT2D eigenvalue weighted by Gasteiger charge is 2.31. The van der Waals surface area contributed by atoms with E-state index in [2.05, 4.69) is 46.6 Å². The molecule has 6 heteroatoms. The number of hydrogen-bond acceptors (Lipinski definition) is 5. The van der Waals surface area contributed by atoms with Crippen LogP contribution in [0, 0.1) is 0 Å². The molecule has 1 atom stereocenters. The average molecular weight is 424 g/mol. The third-order valence-electron chi connectivity index (χ3n) is 6.30. The highest BCUT2D eigenvalue weighted by molar-refractivity contribution is 5.79. The minimum Gasteiger partial charge on any atom is -0.493 e. The molecule has 0 radical (unpaired) electrons. The quantitative estimate of drug-likeness (QED) is 0.707. The molecule has 2 fully saturated rings. The third kappa shape index (κ3) is 5.13. The number of piperazine rings is 1. The van der Waals surface area contributed by atoms with Crippen molar-refractivity contribution < 1.29 is 14.3 Å². The number of anilines is 1. The van der Waals surface area contributed by atoms with Crippen LogP contribution in [0.5, 0.6) is 11.5 Å². The first-order valence-electron chi connectivity index (χ1n) is 11.3. The molecule has 0 aromatic heterocycles. The smallest absolute Gasteiger partial charge is 0.236 e. The minimum atomic E-state index is 0.120. The number of nitrogens with zero attached hydrogens (tertiary/aromatic N) is 2. The fraction of sp³-hybridized carbons (Fsp3) is 0.480. The monoisotopic (exact) mass is 423 g/mol. The van der Waals surface area contributed by atoms with Crippen LogP contribution in [0.1, 0.15) is 24.8 Å². The Kier molecular flexibility index (Phi) is 6.97. The number of ether oxygens (including phenoxy) is 2. The van der Waals surface area contributed by atoms with Gasteiger partial charge in [-0.05, 0) is 50.4 Å². The van der Waals surface area contributed by atoms with Gasteiger partial charge in [0.2, 0.25) is 5.91 Å². The molecule has 1 aliphatic carbocycles. The summed E-state index contributed by atoms with van der Waals surface area (Å²) in [5.41, 5.74) is 2.37. The van der Waals surface area contributed by atoms with Gasteiger partial charge in [-0.1, -0.05) is 30.3 Å². The molecule has 2 aromatic rings. The van der Waals surface area contributed by atoms with E-state index < -0.39 is 0 Å². The van der Waals surface area contributed by atoms with E-state index in [0.29, 0.717) is 19.2 Å². The van der Waals surface area contributed by atoms with Gasteiger partial charge < -0.3 is 24.6 Å². The van der Waals surface area contributed by atoms with Crippen molar-refractivity contribution in [2.75, 3.05) is 45.2 Å². The van der Waals surface area contributed by atoms with Gasteiger partial charge in [-0.15, -0.1) is 0 Å². The molecule has 1 amide bonds. The molecule has 0 spiro atoms. The Bertz CT molecular complexity index is 870. The van der Waals surface area contributed by atoms with Crippen molar-refractivity contribution in [3.05, 3.63) is 54.1 Å². The lowest BCUT2D eigenvalue weighted by Crippen LogP contribution is -2.57. The summed E-state index contributed by atoms with van der Waals surface area (Å²) in [4.78, 5) is 17.2. The van der Waals surface area contributed by atoms with Crippen molar-refractivity contribution in [2.45, 2.75) is 37.8 Å². The third-order valence-corrected chi connectivity index (χ3v) is 6.30. The van der Waals surface area contributed by atoms with E-state index in [0.717, 1.165) is 49.5 Å². The number of likely N-dealkylation sites (N-methyl/N-ethyl adjacent to an activating group) is 1. The second-order valence-corrected chi connectivity index (χ2v) is 8.41. The summed E-state index contributed by atoms with van der Waals surface area (Å²) >= 11 is 0. The number of hydrogen-bond donors (Lipinski definition) is 1. The summed E-state index contributed by atoms with van der Waals surface area (Å²) in [6.45, 7) is 2.67. The molecule has 6 nitrogen and oxygen atoms in total. The standard InChI is InChI=1S/C25H33N3O3/c1-26-17-25(29)28-14-13-27(18-21(28)15-19-7-4-3-5-8-19)20-11-12-23(30-2)24(16-20)31-22-9-6-10-22/h3-5,7-8,11-12,16,21-22,26H,6,9-10,13-15,17-18H2,1-2H3. The fourth-order valence-corrected chi connectivity index (χ4v) is 4.35. The van der Waals surface area contributed by atoms with Crippen LogP contribution in [-0.2, 0) is 11.2 Å². The SMILES string of the molecule is CNCC(=O)N1CCN(c2ccc(OC)c(OC3CCC3)c2)CC1Cc1ccccc1. The van der Waals surface area contributed by atoms with Crippen LogP contribution in [0.3, 0.4) is 0 Å². The van der Waals surface area contributed by atoms with Gasteiger partial charge in [-0.25, -0.2) is 0 Å². The van der Waals surface area contributed by atoms with Crippen LogP contribution >= 0.6 is 0 Å². The lowest BCUT2D eigenvalue weighted by atomic mass is 9.96. The molecule has 31 heavy (non-hydrogen) atoms. The topological polar surface area (TPSA) is 54.0 Å². The van der Waals surface area contributed by atoms with E-state index in [4.69, 9.17) is 9.47 Å². The second kappa shape index (κ2) is 10.1. The maximum Gasteiger partial charge on any atom is 0.236 e. The number of carbonyl (C=O) groups excluding carboxylic acids is 1. The molecule has 1 saturated carbocycles. The Labute approximate surface area is 185 Å². The summed E-state index contributed by atoms with van der Waals surface area (Å²) in [6.07, 6.45) is 4.59. The zero-order chi connectivity index (χ0) is 21.6. The van der Waals surface area contributed by atoms with Crippen molar-refractivity contribution in [3.8, 4) is 11.5 Å². The number of carbonyl (C=O) groups is 1. The summed E-state index contributed by atoms with van der Waals surface area (Å²) in [6, 6.07) is 16.7. The Balaban J connectivity index is 1.53. The van der Waals surface area contributed by atoms with E-state index in [1.54, 1.807) is 7.11 Å². The van der Waals surface area contributed by atoms with Gasteiger partial charge in [0, 0.05) is 31.4 Å². The molecule has 2 aliphatic rings. The van der Waals surface area contributed by atoms with Crippen molar-refractivity contribution in [1.82, 2.24) is 10.2 Å². The van der Waals surface area contributed by atoms with E-state index in [-0.39, 0.29) is 11.9 Å². The van der Waals surface area contributed by atoms with Gasteiger partial charge in [0.15, 0.2) is 11.5 Å². The van der Waals surface area contributed by atoms with E-state index >= 15 is 0 Å². The van der Waals surface area contributed by atoms with Gasteiger partial charge in [-0.2, -0.15) is 0 Å². The number of rotatable bonds is 8. The number of methoxy groups -OCH3 is 1. The summed E-state index contributed by atoms with van der Waals surface area (Å²) in [5.74, 6) is 1.75. The van der Waals surface area contributed by atoms with Crippen LogP contribution in [0.2, 0.25) is 0 Å². The first-order valence-corrected chi connectivity index (χ1v) is 11.3. The normalized spacial score (nSPS) is 19.1. The van der Waals surface area contributed by atoms with Gasteiger partial charge in [-0.3, -0.25) is 4.79 Å². The van der Waals surface area contributed by atoms with Crippen LogP contribution in [0.4, 0.5) is 5.69 Å². The maximum atomic E-state index is 12.7. The second-order valence-electron chi connectivity index (χ2n) is 8.41. The number of benzene rings is 2. The van der Waals surface area contributed by atoms with Crippen molar-refractivity contribution >= 4 is 11.6 Å². The Morgan fingerprint density at radius 2 is 1.90 bits per heavy atom. The van der Waals surface area contributed by atoms with Gasteiger partial charge in [0.1, 0.15) is 0 Å². The fourth-order valence-electron chi connectivity index (χ4n) is 4.35. The summed E-state index contributed by atoms with van der Waals surface area (Å²) in [7, 11) is 3.51. The van der Waals surface area contributed by atoms with Crippen molar-refractivity contribution in [2.24, 2.45) is 0 Å². The van der Waals surface area contributed by atoms with E-state index in [1.807, 2.05) is 24.1 Å². The van der Waals surface area contributed by atoms with Crippen LogP contribution in [0.25, 0.3) is 0 Å². The Morgan fingerprint density at radius 1 is 1.10 bits per heavy atom. The molecule has 166 valence electrons. The zero-order valence-electron chi connectivity index (χ0n) is 18.5. The first kappa shape index (κ1) is 21.5. The first-order chi connectivity index (χ1) is 15.2. The molecule has 1 heterocycles. The number of amides is 1. The molecule has 1 aliphatic heterocycles. The average Bonchev–Trinajstić information content (AvgIpc) is 2.77. The Hall–Kier alpha value is -2.73. The molecule has 2 aromatic carbocycles. The van der Waals surface area contributed by atoms with Crippen LogP contribution in [-0.4, -0.2) is 63.3 Å². The highest BCUT2D eigenvalue weighted by Crippen LogP contribution is 2.36. The van der Waals surface area contributed by atoms with E-state index in [1.165, 1.54) is 12.0 Å². The highest BCUT2D eigenvalue weighted by atomic mass is 16.5. The van der Waals surface area contributed by atoms with Gasteiger partial charge >= 0.3 is 0 Å². The Morgan fingerprint density at radius 3 is 2.58 bits per heavy atom. The summed E-state index contributed by atoms with van der Waals surface area (Å²) < 4.78 is 11.7. The van der Waals surface area contributed by atoms with E-state index in [9.17, 15) is 4.79 Å². The largest absolute Gasteiger partial charge is 0.493 e. The van der Waals surface area contributed by atoms with Crippen molar-refractivity contribution in [3.63, 3.8) is 0 Å². The van der Waals surface area contributed by atoms with Crippen LogP contribution in [0.15, 0.2) is 48.5 Å².